The molecule has 2 atom stereocenters. The molecular weight excluding hydrogens is 1050 g/mol. The third-order valence-corrected chi connectivity index (χ3v) is 15.3. The fourth-order valence-corrected chi connectivity index (χ4v) is 10.6. The van der Waals surface area contributed by atoms with E-state index in [0.717, 1.165) is 71.9 Å². The van der Waals surface area contributed by atoms with Gasteiger partial charge in [-0.15, -0.1) is 0 Å². The number of ether oxygens (including phenoxy) is 2. The highest BCUT2D eigenvalue weighted by Crippen LogP contribution is 2.39. The van der Waals surface area contributed by atoms with Crippen LogP contribution >= 0.6 is 0 Å². The van der Waals surface area contributed by atoms with Crippen molar-refractivity contribution in [3.63, 3.8) is 0 Å². The minimum atomic E-state index is -1.26. The molecule has 0 radical (unpaired) electrons. The van der Waals surface area contributed by atoms with Crippen LogP contribution in [0.3, 0.4) is 0 Å². The quantitative estimate of drug-likeness (QED) is 0.0486. The van der Waals surface area contributed by atoms with Crippen LogP contribution < -0.4 is 0 Å². The molecule has 440 valence electrons. The maximum atomic E-state index is 13.6. The van der Waals surface area contributed by atoms with Crippen LogP contribution in [0.5, 0.6) is 0 Å². The Morgan fingerprint density at radius 2 is 0.683 bits per heavy atom. The van der Waals surface area contributed by atoms with E-state index in [0.29, 0.717) is 51.2 Å². The van der Waals surface area contributed by atoms with Crippen molar-refractivity contribution in [3.8, 4) is 0 Å². The zero-order chi connectivity index (χ0) is 59.8. The SMILES string of the molecule is CCCC(O)(c1ccc(C(C)(C)C)cc1)N1CCC(OC(c2ccc(F)cc2)c2ccc(F)cc2)CC1.CCCC(O)(c1ccc(C(C)(C)C)cc1)N1CCC(OC(c2ccc(F)cc2)c2ccc(F)cc2)CC1.O=C(O)/C=C/C(=O)O. The smallest absolute Gasteiger partial charge is 0.328 e. The van der Waals surface area contributed by atoms with E-state index >= 15 is 0 Å². The molecule has 82 heavy (non-hydrogen) atoms. The second-order valence-electron chi connectivity index (χ2n) is 23.4. The van der Waals surface area contributed by atoms with Crippen LogP contribution in [0.25, 0.3) is 0 Å². The number of hydrogen-bond donors (Lipinski definition) is 4. The number of hydrogen-bond acceptors (Lipinski definition) is 8. The number of piperidine rings is 2. The van der Waals surface area contributed by atoms with Crippen LogP contribution in [0.15, 0.2) is 158 Å². The lowest BCUT2D eigenvalue weighted by Crippen LogP contribution is -2.51. The minimum absolute atomic E-state index is 0.0366. The van der Waals surface area contributed by atoms with Gasteiger partial charge in [-0.05, 0) is 142 Å². The lowest BCUT2D eigenvalue weighted by atomic mass is 9.85. The summed E-state index contributed by atoms with van der Waals surface area (Å²) in [5, 5.41) is 39.4. The van der Waals surface area contributed by atoms with Gasteiger partial charge >= 0.3 is 11.9 Å². The number of rotatable bonds is 18. The summed E-state index contributed by atoms with van der Waals surface area (Å²) < 4.78 is 67.5. The Morgan fingerprint density at radius 3 is 0.890 bits per heavy atom. The number of aliphatic hydroxyl groups is 2. The number of carbonyl (C=O) groups is 2. The average molecular weight is 1130 g/mol. The van der Waals surface area contributed by atoms with E-state index in [-0.39, 0.29) is 46.3 Å². The monoisotopic (exact) mass is 1130 g/mol. The Morgan fingerprint density at radius 1 is 0.451 bits per heavy atom. The van der Waals surface area contributed by atoms with Crippen LogP contribution in [-0.2, 0) is 41.3 Å². The second-order valence-corrected chi connectivity index (χ2v) is 23.4. The molecule has 4 N–H and O–H groups in total. The molecule has 14 heteroatoms. The van der Waals surface area contributed by atoms with Crippen LogP contribution in [0.1, 0.15) is 163 Å². The highest BCUT2D eigenvalue weighted by molar-refractivity contribution is 5.89. The van der Waals surface area contributed by atoms with Crippen molar-refractivity contribution in [1.82, 2.24) is 9.80 Å². The molecule has 0 aromatic heterocycles. The molecule has 2 aliphatic heterocycles. The molecule has 2 aliphatic rings. The van der Waals surface area contributed by atoms with Crippen LogP contribution in [-0.4, -0.2) is 80.6 Å². The number of carboxylic acid groups (broad SMARTS) is 2. The standard InChI is InChI=1S/2C32H39F2NO2.C4H4O4/c2*1-5-20-32(36,26-12-10-25(11-13-26)31(2,3)4)35-21-18-29(19-22-35)37-30(23-6-14-27(33)15-7-23)24-8-16-28(34)17-9-24;5-3(6)1-2-4(7)8/h2*6-17,29-30,36H,5,18-22H2,1-4H3;1-2H,(H,5,6)(H,7,8)/b;;2-1+. The van der Waals surface area contributed by atoms with Crippen LogP contribution in [0, 0.1) is 23.3 Å². The second kappa shape index (κ2) is 29.1. The third kappa shape index (κ3) is 18.0. The van der Waals surface area contributed by atoms with Gasteiger partial charge in [-0.1, -0.05) is 165 Å². The number of halogens is 4. The predicted molar refractivity (Wildman–Crippen MR) is 313 cm³/mol. The van der Waals surface area contributed by atoms with Gasteiger partial charge in [0.2, 0.25) is 0 Å². The van der Waals surface area contributed by atoms with Crippen molar-refractivity contribution in [2.75, 3.05) is 26.2 Å². The first-order valence-corrected chi connectivity index (χ1v) is 28.5. The number of nitrogens with zero attached hydrogens (tertiary/aromatic N) is 2. The number of carboxylic acids is 2. The van der Waals surface area contributed by atoms with Gasteiger partial charge in [-0.3, -0.25) is 9.80 Å². The van der Waals surface area contributed by atoms with Gasteiger partial charge in [0.05, 0.1) is 12.2 Å². The average Bonchev–Trinajstić information content (AvgIpc) is 3.49. The van der Waals surface area contributed by atoms with Crippen LogP contribution in [0.2, 0.25) is 0 Å². The van der Waals surface area contributed by atoms with Gasteiger partial charge in [0.15, 0.2) is 0 Å². The normalized spacial score (nSPS) is 16.4. The van der Waals surface area contributed by atoms with E-state index in [2.05, 4.69) is 114 Å². The van der Waals surface area contributed by atoms with Gasteiger partial charge in [0.1, 0.15) is 46.9 Å². The van der Waals surface area contributed by atoms with E-state index in [1.165, 1.54) is 59.7 Å². The maximum absolute atomic E-state index is 13.6. The van der Waals surface area contributed by atoms with E-state index in [9.17, 15) is 37.4 Å². The fraction of sp³-hybridized carbons (Fsp3) is 0.412. The lowest BCUT2D eigenvalue weighted by Gasteiger charge is -2.44. The molecule has 0 spiro atoms. The van der Waals surface area contributed by atoms with Gasteiger partial charge in [0, 0.05) is 38.3 Å². The molecular formula is C68H82F4N2O8. The Hall–Kier alpha value is -6.52. The largest absolute Gasteiger partial charge is 0.478 e. The van der Waals surface area contributed by atoms with Crippen LogP contribution in [0.4, 0.5) is 17.6 Å². The van der Waals surface area contributed by atoms with E-state index < -0.39 is 35.6 Å². The molecule has 10 nitrogen and oxygen atoms in total. The molecule has 0 amide bonds. The van der Waals surface area contributed by atoms with E-state index in [4.69, 9.17) is 19.7 Å². The topological polar surface area (TPSA) is 140 Å². The Kier molecular flexibility index (Phi) is 23.0. The molecule has 0 saturated carbocycles. The van der Waals surface area contributed by atoms with Gasteiger partial charge in [-0.2, -0.15) is 0 Å². The number of likely N-dealkylation sites (tertiary alicyclic amines) is 2. The molecule has 6 aromatic rings. The van der Waals surface area contributed by atoms with Gasteiger partial charge < -0.3 is 29.9 Å². The van der Waals surface area contributed by atoms with Gasteiger partial charge in [-0.25, -0.2) is 27.2 Å². The summed E-state index contributed by atoms with van der Waals surface area (Å²) >= 11 is 0. The third-order valence-electron chi connectivity index (χ3n) is 15.3. The summed E-state index contributed by atoms with van der Waals surface area (Å²) in [5.74, 6) is -3.73. The molecule has 0 aliphatic carbocycles. The van der Waals surface area contributed by atoms with Crippen molar-refractivity contribution in [2.24, 2.45) is 0 Å². The maximum Gasteiger partial charge on any atom is 0.328 e. The summed E-state index contributed by atoms with van der Waals surface area (Å²) in [6.45, 7) is 20.1. The summed E-state index contributed by atoms with van der Waals surface area (Å²) in [4.78, 5) is 23.5. The van der Waals surface area contributed by atoms with Gasteiger partial charge in [0.25, 0.3) is 0 Å². The number of aliphatic carboxylic acids is 2. The molecule has 2 heterocycles. The lowest BCUT2D eigenvalue weighted by molar-refractivity contribution is -0.148. The Labute approximate surface area is 482 Å². The summed E-state index contributed by atoms with van der Waals surface area (Å²) in [5.41, 5.74) is 5.74. The van der Waals surface area contributed by atoms with E-state index in [1.54, 1.807) is 48.5 Å². The predicted octanol–water partition coefficient (Wildman–Crippen LogP) is 14.7. The first-order valence-electron chi connectivity index (χ1n) is 28.5. The van der Waals surface area contributed by atoms with Crippen molar-refractivity contribution in [2.45, 2.75) is 153 Å². The highest BCUT2D eigenvalue weighted by Gasteiger charge is 2.40. The Bertz CT molecular complexity index is 2650. The zero-order valence-electron chi connectivity index (χ0n) is 48.6. The summed E-state index contributed by atoms with van der Waals surface area (Å²) in [6, 6.07) is 41.9. The molecule has 8 rings (SSSR count). The molecule has 2 saturated heterocycles. The van der Waals surface area contributed by atoms with E-state index in [1.807, 2.05) is 0 Å². The van der Waals surface area contributed by atoms with Crippen molar-refractivity contribution < 1.29 is 57.1 Å². The summed E-state index contributed by atoms with van der Waals surface area (Å²) in [7, 11) is 0. The summed E-state index contributed by atoms with van der Waals surface area (Å²) in [6.07, 6.45) is 6.26. The first kappa shape index (κ1) is 64.6. The highest BCUT2D eigenvalue weighted by atomic mass is 19.1. The first-order chi connectivity index (χ1) is 38.8. The fourth-order valence-electron chi connectivity index (χ4n) is 10.6. The molecule has 6 aromatic carbocycles. The molecule has 2 unspecified atom stereocenters. The van der Waals surface area contributed by atoms with Crippen molar-refractivity contribution >= 4 is 11.9 Å². The number of benzene rings is 6. The van der Waals surface area contributed by atoms with Crippen molar-refractivity contribution in [3.05, 3.63) is 226 Å². The zero-order valence-corrected chi connectivity index (χ0v) is 48.6. The minimum Gasteiger partial charge on any atom is -0.478 e. The Balaban J connectivity index is 0.000000233. The van der Waals surface area contributed by atoms with Crippen molar-refractivity contribution in [1.29, 1.82) is 0 Å². The molecule has 2 fully saturated rings. The molecule has 0 bridgehead atoms.